The van der Waals surface area contributed by atoms with E-state index >= 15 is 0 Å². The third-order valence-corrected chi connectivity index (χ3v) is 3.79. The van der Waals surface area contributed by atoms with Gasteiger partial charge >= 0.3 is 5.97 Å². The minimum Gasteiger partial charge on any atom is -0.478 e. The highest BCUT2D eigenvalue weighted by Crippen LogP contribution is 2.20. The zero-order chi connectivity index (χ0) is 18.4. The molecule has 0 bridgehead atoms. The lowest BCUT2D eigenvalue weighted by Gasteiger charge is -2.08. The SMILES string of the molecule is Cc1cc(Br)ccc1N/C=C(/C#N)C(=O)Nc1cccc(C(=O)O)c1. The molecule has 0 saturated heterocycles. The topological polar surface area (TPSA) is 102 Å². The normalized spacial score (nSPS) is 10.7. The zero-order valence-corrected chi connectivity index (χ0v) is 14.8. The van der Waals surface area contributed by atoms with Gasteiger partial charge in [-0.1, -0.05) is 22.0 Å². The van der Waals surface area contributed by atoms with Crippen molar-refractivity contribution < 1.29 is 14.7 Å². The van der Waals surface area contributed by atoms with Gasteiger partial charge in [-0.15, -0.1) is 0 Å². The third kappa shape index (κ3) is 4.93. The number of nitriles is 1. The molecular weight excluding hydrogens is 386 g/mol. The van der Waals surface area contributed by atoms with Gasteiger partial charge < -0.3 is 15.7 Å². The van der Waals surface area contributed by atoms with Crippen LogP contribution in [0.3, 0.4) is 0 Å². The lowest BCUT2D eigenvalue weighted by Crippen LogP contribution is -2.15. The number of nitrogens with one attached hydrogen (secondary N) is 2. The average Bonchev–Trinajstić information content (AvgIpc) is 2.57. The number of carbonyl (C=O) groups excluding carboxylic acids is 1. The number of carbonyl (C=O) groups is 2. The number of carboxylic acids is 1. The Hall–Kier alpha value is -3.11. The fraction of sp³-hybridized carbons (Fsp3) is 0.0556. The quantitative estimate of drug-likeness (QED) is 0.522. The molecule has 25 heavy (non-hydrogen) atoms. The summed E-state index contributed by atoms with van der Waals surface area (Å²) in [6, 6.07) is 13.2. The van der Waals surface area contributed by atoms with Crippen LogP contribution in [0.4, 0.5) is 11.4 Å². The summed E-state index contributed by atoms with van der Waals surface area (Å²) in [4.78, 5) is 23.1. The first-order valence-electron chi connectivity index (χ1n) is 7.18. The fourth-order valence-electron chi connectivity index (χ4n) is 2.02. The van der Waals surface area contributed by atoms with Crippen LogP contribution in [0.2, 0.25) is 0 Å². The van der Waals surface area contributed by atoms with Crippen LogP contribution in [0.1, 0.15) is 15.9 Å². The molecule has 3 N–H and O–H groups in total. The van der Waals surface area contributed by atoms with E-state index in [-0.39, 0.29) is 11.1 Å². The Morgan fingerprint density at radius 3 is 2.64 bits per heavy atom. The number of anilines is 2. The second-order valence-corrected chi connectivity index (χ2v) is 6.03. The maximum Gasteiger partial charge on any atom is 0.335 e. The summed E-state index contributed by atoms with van der Waals surface area (Å²) in [6.45, 7) is 1.89. The van der Waals surface area contributed by atoms with E-state index < -0.39 is 11.9 Å². The standard InChI is InChI=1S/C18H14BrN3O3/c1-11-7-14(19)5-6-16(11)21-10-13(9-20)17(23)22-15-4-2-3-12(8-15)18(24)25/h2-8,10,21H,1H3,(H,22,23)(H,24,25)/b13-10-. The molecule has 0 radical (unpaired) electrons. The van der Waals surface area contributed by atoms with E-state index in [1.54, 1.807) is 6.07 Å². The van der Waals surface area contributed by atoms with Crippen molar-refractivity contribution in [3.8, 4) is 6.07 Å². The van der Waals surface area contributed by atoms with Crippen molar-refractivity contribution in [1.29, 1.82) is 5.26 Å². The number of aromatic carboxylic acids is 1. The third-order valence-electron chi connectivity index (χ3n) is 3.29. The molecule has 0 aliphatic rings. The molecule has 6 nitrogen and oxygen atoms in total. The van der Waals surface area contributed by atoms with Gasteiger partial charge in [0.15, 0.2) is 0 Å². The number of hydrogen-bond acceptors (Lipinski definition) is 4. The lowest BCUT2D eigenvalue weighted by molar-refractivity contribution is -0.112. The van der Waals surface area contributed by atoms with Gasteiger partial charge in [-0.3, -0.25) is 4.79 Å². The Bertz CT molecular complexity index is 901. The lowest BCUT2D eigenvalue weighted by atomic mass is 10.2. The number of rotatable bonds is 5. The minimum absolute atomic E-state index is 0.0453. The Morgan fingerprint density at radius 2 is 2.00 bits per heavy atom. The monoisotopic (exact) mass is 399 g/mol. The first kappa shape index (κ1) is 18.2. The van der Waals surface area contributed by atoms with Crippen LogP contribution in [0.15, 0.2) is 58.7 Å². The van der Waals surface area contributed by atoms with Gasteiger partial charge in [0, 0.05) is 22.0 Å². The summed E-state index contributed by atoms with van der Waals surface area (Å²) in [7, 11) is 0. The second-order valence-electron chi connectivity index (χ2n) is 5.11. The Kier molecular flexibility index (Phi) is 5.93. The van der Waals surface area contributed by atoms with E-state index in [9.17, 15) is 14.9 Å². The largest absolute Gasteiger partial charge is 0.478 e. The van der Waals surface area contributed by atoms with Crippen LogP contribution in [-0.4, -0.2) is 17.0 Å². The van der Waals surface area contributed by atoms with E-state index in [0.29, 0.717) is 5.69 Å². The minimum atomic E-state index is -1.10. The van der Waals surface area contributed by atoms with E-state index in [1.807, 2.05) is 31.2 Å². The van der Waals surface area contributed by atoms with Crippen molar-refractivity contribution in [2.45, 2.75) is 6.92 Å². The van der Waals surface area contributed by atoms with Crippen molar-refractivity contribution >= 4 is 39.2 Å². The molecule has 0 spiro atoms. The maximum atomic E-state index is 12.2. The molecule has 0 aliphatic heterocycles. The van der Waals surface area contributed by atoms with Gasteiger partial charge in [-0.25, -0.2) is 4.79 Å². The number of benzene rings is 2. The number of nitrogens with zero attached hydrogens (tertiary/aromatic N) is 1. The van der Waals surface area contributed by atoms with Crippen LogP contribution in [-0.2, 0) is 4.79 Å². The number of halogens is 1. The van der Waals surface area contributed by atoms with Gasteiger partial charge in [0.25, 0.3) is 5.91 Å². The first-order valence-corrected chi connectivity index (χ1v) is 7.97. The van der Waals surface area contributed by atoms with Gasteiger partial charge in [0.05, 0.1) is 5.56 Å². The molecule has 0 saturated carbocycles. The average molecular weight is 400 g/mol. The predicted octanol–water partition coefficient (Wildman–Crippen LogP) is 3.91. The zero-order valence-electron chi connectivity index (χ0n) is 13.2. The van der Waals surface area contributed by atoms with Gasteiger partial charge in [0.1, 0.15) is 11.6 Å². The smallest absolute Gasteiger partial charge is 0.335 e. The van der Waals surface area contributed by atoms with Gasteiger partial charge in [-0.05, 0) is 48.9 Å². The molecule has 0 aliphatic carbocycles. The van der Waals surface area contributed by atoms with Crippen molar-refractivity contribution in [1.82, 2.24) is 0 Å². The molecule has 2 rings (SSSR count). The van der Waals surface area contributed by atoms with E-state index in [2.05, 4.69) is 26.6 Å². The molecule has 0 fully saturated rings. The summed E-state index contributed by atoms with van der Waals surface area (Å²) < 4.78 is 0.927. The highest BCUT2D eigenvalue weighted by molar-refractivity contribution is 9.10. The van der Waals surface area contributed by atoms with Crippen LogP contribution in [0, 0.1) is 18.3 Å². The van der Waals surface area contributed by atoms with Crippen LogP contribution < -0.4 is 10.6 Å². The molecule has 2 aromatic rings. The summed E-state index contributed by atoms with van der Waals surface area (Å²) in [5, 5.41) is 23.6. The fourth-order valence-corrected chi connectivity index (χ4v) is 2.49. The van der Waals surface area contributed by atoms with Crippen molar-refractivity contribution in [3.05, 3.63) is 69.8 Å². The summed E-state index contributed by atoms with van der Waals surface area (Å²) in [6.07, 6.45) is 1.31. The summed E-state index contributed by atoms with van der Waals surface area (Å²) >= 11 is 3.36. The van der Waals surface area contributed by atoms with Crippen molar-refractivity contribution in [2.75, 3.05) is 10.6 Å². The number of aryl methyl sites for hydroxylation is 1. The molecular formula is C18H14BrN3O3. The summed E-state index contributed by atoms with van der Waals surface area (Å²) in [5.74, 6) is -1.73. The molecule has 0 heterocycles. The Labute approximate surface area is 152 Å². The molecule has 0 atom stereocenters. The molecule has 0 aromatic heterocycles. The van der Waals surface area contributed by atoms with Crippen LogP contribution in [0.25, 0.3) is 0 Å². The van der Waals surface area contributed by atoms with Crippen molar-refractivity contribution in [3.63, 3.8) is 0 Å². The molecule has 2 aromatic carbocycles. The number of hydrogen-bond donors (Lipinski definition) is 3. The molecule has 126 valence electrons. The Morgan fingerprint density at radius 1 is 1.24 bits per heavy atom. The highest BCUT2D eigenvalue weighted by atomic mass is 79.9. The Balaban J connectivity index is 2.14. The van der Waals surface area contributed by atoms with Crippen LogP contribution in [0.5, 0.6) is 0 Å². The molecule has 1 amide bonds. The highest BCUT2D eigenvalue weighted by Gasteiger charge is 2.11. The number of carboxylic acid groups (broad SMARTS) is 1. The van der Waals surface area contributed by atoms with Gasteiger partial charge in [0.2, 0.25) is 0 Å². The van der Waals surface area contributed by atoms with Crippen LogP contribution >= 0.6 is 15.9 Å². The van der Waals surface area contributed by atoms with E-state index in [4.69, 9.17) is 5.11 Å². The molecule has 0 unspecified atom stereocenters. The van der Waals surface area contributed by atoms with E-state index in [1.165, 1.54) is 24.4 Å². The predicted molar refractivity (Wildman–Crippen MR) is 98.2 cm³/mol. The van der Waals surface area contributed by atoms with Gasteiger partial charge in [-0.2, -0.15) is 5.26 Å². The molecule has 7 heteroatoms. The van der Waals surface area contributed by atoms with E-state index in [0.717, 1.165) is 15.7 Å². The maximum absolute atomic E-state index is 12.2. The second kappa shape index (κ2) is 8.13. The summed E-state index contributed by atoms with van der Waals surface area (Å²) in [5.41, 5.74) is 1.91. The van der Waals surface area contributed by atoms with Crippen molar-refractivity contribution in [2.24, 2.45) is 0 Å². The number of amides is 1. The first-order chi connectivity index (χ1) is 11.9.